The van der Waals surface area contributed by atoms with Gasteiger partial charge in [-0.05, 0) is 32.5 Å². The lowest BCUT2D eigenvalue weighted by Crippen LogP contribution is -2.32. The number of rotatable bonds is 7. The molecule has 2 rings (SSSR count). The highest BCUT2D eigenvalue weighted by Gasteiger charge is 2.12. The van der Waals surface area contributed by atoms with Gasteiger partial charge in [0, 0.05) is 32.9 Å². The highest BCUT2D eigenvalue weighted by Crippen LogP contribution is 2.10. The van der Waals surface area contributed by atoms with Gasteiger partial charge in [0.2, 0.25) is 0 Å². The van der Waals surface area contributed by atoms with Gasteiger partial charge in [-0.1, -0.05) is 6.92 Å². The minimum Gasteiger partial charge on any atom is -0.357 e. The Morgan fingerprint density at radius 1 is 1.32 bits per heavy atom. The van der Waals surface area contributed by atoms with Crippen molar-refractivity contribution in [2.24, 2.45) is 0 Å². The van der Waals surface area contributed by atoms with E-state index in [1.807, 2.05) is 12.4 Å². The highest BCUT2D eigenvalue weighted by molar-refractivity contribution is 5.35. The van der Waals surface area contributed by atoms with Crippen molar-refractivity contribution < 1.29 is 0 Å². The molecule has 0 aliphatic carbocycles. The number of anilines is 1. The Balaban J connectivity index is 1.84. The molecule has 0 saturated carbocycles. The summed E-state index contributed by atoms with van der Waals surface area (Å²) in [5.41, 5.74) is 1.01. The number of nitrogens with zero attached hydrogens (tertiary/aromatic N) is 4. The second-order valence-electron chi connectivity index (χ2n) is 5.12. The van der Waals surface area contributed by atoms with Crippen LogP contribution in [-0.4, -0.2) is 54.6 Å². The molecule has 1 aliphatic rings. The van der Waals surface area contributed by atoms with Gasteiger partial charge in [0.15, 0.2) is 0 Å². The number of likely N-dealkylation sites (tertiary alicyclic amines) is 1. The molecule has 0 atom stereocenters. The topological polar surface area (TPSA) is 44.3 Å². The molecule has 106 valence electrons. The molecule has 5 nitrogen and oxygen atoms in total. The monoisotopic (exact) mass is 263 g/mol. The second kappa shape index (κ2) is 7.40. The molecule has 0 bridgehead atoms. The summed E-state index contributed by atoms with van der Waals surface area (Å²) in [6, 6.07) is 0. The first-order valence-corrected chi connectivity index (χ1v) is 7.24. The van der Waals surface area contributed by atoms with Crippen LogP contribution in [0.2, 0.25) is 0 Å². The SMILES string of the molecule is CCNCc1cncc(N(C)CCN2CCCC2)n1. The molecule has 2 heterocycles. The molecule has 1 aromatic rings. The fourth-order valence-electron chi connectivity index (χ4n) is 2.33. The van der Waals surface area contributed by atoms with Crippen LogP contribution in [0, 0.1) is 0 Å². The van der Waals surface area contributed by atoms with E-state index >= 15 is 0 Å². The van der Waals surface area contributed by atoms with Gasteiger partial charge in [0.05, 0.1) is 11.9 Å². The van der Waals surface area contributed by atoms with Gasteiger partial charge in [0.25, 0.3) is 0 Å². The maximum Gasteiger partial charge on any atom is 0.147 e. The molecule has 1 saturated heterocycles. The second-order valence-corrected chi connectivity index (χ2v) is 5.12. The molecular formula is C14H25N5. The summed E-state index contributed by atoms with van der Waals surface area (Å²) in [6.07, 6.45) is 6.38. The largest absolute Gasteiger partial charge is 0.357 e. The van der Waals surface area contributed by atoms with Crippen molar-refractivity contribution in [2.75, 3.05) is 44.7 Å². The fourth-order valence-corrected chi connectivity index (χ4v) is 2.33. The number of aromatic nitrogens is 2. The lowest BCUT2D eigenvalue weighted by atomic mass is 10.4. The van der Waals surface area contributed by atoms with Gasteiger partial charge in [-0.2, -0.15) is 0 Å². The summed E-state index contributed by atoms with van der Waals surface area (Å²) < 4.78 is 0. The Bertz CT molecular complexity index is 376. The summed E-state index contributed by atoms with van der Waals surface area (Å²) >= 11 is 0. The Kier molecular flexibility index (Phi) is 5.54. The number of hydrogen-bond acceptors (Lipinski definition) is 5. The van der Waals surface area contributed by atoms with Crippen LogP contribution >= 0.6 is 0 Å². The maximum absolute atomic E-state index is 4.64. The summed E-state index contributed by atoms with van der Waals surface area (Å²) in [5.74, 6) is 0.967. The van der Waals surface area contributed by atoms with Crippen LogP contribution in [0.4, 0.5) is 5.82 Å². The van der Waals surface area contributed by atoms with Crippen molar-refractivity contribution in [3.63, 3.8) is 0 Å². The predicted molar refractivity (Wildman–Crippen MR) is 78.4 cm³/mol. The average molecular weight is 263 g/mol. The molecule has 0 radical (unpaired) electrons. The number of likely N-dealkylation sites (N-methyl/N-ethyl adjacent to an activating group) is 1. The molecule has 0 aromatic carbocycles. The first-order valence-electron chi connectivity index (χ1n) is 7.24. The van der Waals surface area contributed by atoms with E-state index in [1.165, 1.54) is 25.9 Å². The first-order chi connectivity index (χ1) is 9.29. The van der Waals surface area contributed by atoms with E-state index in [0.29, 0.717) is 0 Å². The van der Waals surface area contributed by atoms with Gasteiger partial charge in [-0.15, -0.1) is 0 Å². The molecular weight excluding hydrogens is 238 g/mol. The molecule has 0 amide bonds. The van der Waals surface area contributed by atoms with Crippen LogP contribution in [0.15, 0.2) is 12.4 Å². The maximum atomic E-state index is 4.64. The quantitative estimate of drug-likeness (QED) is 0.798. The molecule has 0 spiro atoms. The van der Waals surface area contributed by atoms with E-state index in [9.17, 15) is 0 Å². The van der Waals surface area contributed by atoms with Crippen LogP contribution in [0.5, 0.6) is 0 Å². The Hall–Kier alpha value is -1.20. The molecule has 1 fully saturated rings. The lowest BCUT2D eigenvalue weighted by Gasteiger charge is -2.22. The molecule has 19 heavy (non-hydrogen) atoms. The van der Waals surface area contributed by atoms with Crippen molar-refractivity contribution in [1.82, 2.24) is 20.2 Å². The number of nitrogens with one attached hydrogen (secondary N) is 1. The summed E-state index contributed by atoms with van der Waals surface area (Å²) in [5, 5.41) is 3.28. The summed E-state index contributed by atoms with van der Waals surface area (Å²) in [4.78, 5) is 13.6. The minimum atomic E-state index is 0.789. The third kappa shape index (κ3) is 4.44. The van der Waals surface area contributed by atoms with E-state index in [4.69, 9.17) is 0 Å². The third-order valence-electron chi connectivity index (χ3n) is 3.57. The van der Waals surface area contributed by atoms with Gasteiger partial charge in [-0.25, -0.2) is 4.98 Å². The van der Waals surface area contributed by atoms with E-state index in [2.05, 4.69) is 39.1 Å². The Labute approximate surface area is 116 Å². The Morgan fingerprint density at radius 3 is 2.84 bits per heavy atom. The zero-order valence-electron chi connectivity index (χ0n) is 12.1. The van der Waals surface area contributed by atoms with Crippen molar-refractivity contribution in [2.45, 2.75) is 26.3 Å². The third-order valence-corrected chi connectivity index (χ3v) is 3.57. The van der Waals surface area contributed by atoms with Crippen molar-refractivity contribution in [3.05, 3.63) is 18.1 Å². The van der Waals surface area contributed by atoms with Crippen molar-refractivity contribution >= 4 is 5.82 Å². The molecule has 1 aromatic heterocycles. The minimum absolute atomic E-state index is 0.789. The number of hydrogen-bond donors (Lipinski definition) is 1. The van der Waals surface area contributed by atoms with E-state index in [1.54, 1.807) is 0 Å². The van der Waals surface area contributed by atoms with Gasteiger partial charge in [-0.3, -0.25) is 4.98 Å². The normalized spacial score (nSPS) is 15.9. The standard InChI is InChI=1S/C14H25N5/c1-3-15-10-13-11-16-12-14(17-13)18(2)8-9-19-6-4-5-7-19/h11-12,15H,3-10H2,1-2H3. The fraction of sp³-hybridized carbons (Fsp3) is 0.714. The van der Waals surface area contributed by atoms with Crippen LogP contribution in [0.1, 0.15) is 25.5 Å². The van der Waals surface area contributed by atoms with E-state index < -0.39 is 0 Å². The Morgan fingerprint density at radius 2 is 2.11 bits per heavy atom. The van der Waals surface area contributed by atoms with Crippen LogP contribution in [0.3, 0.4) is 0 Å². The van der Waals surface area contributed by atoms with Gasteiger partial charge in [0.1, 0.15) is 5.82 Å². The summed E-state index contributed by atoms with van der Waals surface area (Å²) in [7, 11) is 2.09. The molecule has 0 unspecified atom stereocenters. The zero-order chi connectivity index (χ0) is 13.5. The van der Waals surface area contributed by atoms with Crippen LogP contribution in [-0.2, 0) is 6.54 Å². The van der Waals surface area contributed by atoms with Crippen molar-refractivity contribution in [3.8, 4) is 0 Å². The smallest absolute Gasteiger partial charge is 0.147 e. The van der Waals surface area contributed by atoms with Crippen LogP contribution in [0.25, 0.3) is 0 Å². The molecule has 5 heteroatoms. The highest BCUT2D eigenvalue weighted by atomic mass is 15.2. The van der Waals surface area contributed by atoms with Crippen molar-refractivity contribution in [1.29, 1.82) is 0 Å². The zero-order valence-corrected chi connectivity index (χ0v) is 12.1. The van der Waals surface area contributed by atoms with Crippen LogP contribution < -0.4 is 10.2 Å². The predicted octanol–water partition coefficient (Wildman–Crippen LogP) is 1.12. The molecule has 1 N–H and O–H groups in total. The van der Waals surface area contributed by atoms with E-state index in [0.717, 1.165) is 37.7 Å². The van der Waals surface area contributed by atoms with E-state index in [-0.39, 0.29) is 0 Å². The summed E-state index contributed by atoms with van der Waals surface area (Å²) in [6.45, 7) is 8.47. The van der Waals surface area contributed by atoms with Gasteiger partial charge >= 0.3 is 0 Å². The van der Waals surface area contributed by atoms with Gasteiger partial charge < -0.3 is 15.1 Å². The lowest BCUT2D eigenvalue weighted by molar-refractivity contribution is 0.346. The average Bonchev–Trinajstić information content (AvgIpc) is 2.96. The molecule has 1 aliphatic heterocycles. The first kappa shape index (κ1) is 14.2.